The van der Waals surface area contributed by atoms with Crippen molar-refractivity contribution in [3.8, 4) is 0 Å². The van der Waals surface area contributed by atoms with Crippen LogP contribution in [0.25, 0.3) is 0 Å². The maximum absolute atomic E-state index is 3.54. The molecule has 1 unspecified atom stereocenters. The first kappa shape index (κ1) is 8.30. The molecule has 74 valence electrons. The van der Waals surface area contributed by atoms with E-state index >= 15 is 0 Å². The lowest BCUT2D eigenvalue weighted by molar-refractivity contribution is 0.647. The van der Waals surface area contributed by atoms with Crippen LogP contribution in [0, 0.1) is 0 Å². The van der Waals surface area contributed by atoms with Gasteiger partial charge in [0, 0.05) is 18.3 Å². The topological polar surface area (TPSA) is 24.1 Å². The monoisotopic (exact) mass is 188 g/mol. The van der Waals surface area contributed by atoms with Crippen LogP contribution in [0.2, 0.25) is 0 Å². The zero-order chi connectivity index (χ0) is 9.38. The highest BCUT2D eigenvalue weighted by Crippen LogP contribution is 2.29. The summed E-state index contributed by atoms with van der Waals surface area (Å²) in [6.45, 7) is 2.29. The van der Waals surface area contributed by atoms with Gasteiger partial charge in [0.05, 0.1) is 0 Å². The van der Waals surface area contributed by atoms with Crippen molar-refractivity contribution in [2.75, 3.05) is 18.4 Å². The summed E-state index contributed by atoms with van der Waals surface area (Å²) in [4.78, 5) is 0. The van der Waals surface area contributed by atoms with E-state index in [1.54, 1.807) is 0 Å². The van der Waals surface area contributed by atoms with Crippen molar-refractivity contribution in [1.82, 2.24) is 5.32 Å². The lowest BCUT2D eigenvalue weighted by Gasteiger charge is -2.11. The van der Waals surface area contributed by atoms with E-state index in [2.05, 4.69) is 28.8 Å². The summed E-state index contributed by atoms with van der Waals surface area (Å²) in [7, 11) is 0. The maximum Gasteiger partial charge on any atom is 0.0373 e. The van der Waals surface area contributed by atoms with Gasteiger partial charge in [0.25, 0.3) is 0 Å². The molecule has 2 N–H and O–H groups in total. The van der Waals surface area contributed by atoms with Crippen LogP contribution in [0.4, 0.5) is 5.69 Å². The summed E-state index contributed by atoms with van der Waals surface area (Å²) in [6.07, 6.45) is 3.81. The van der Waals surface area contributed by atoms with Gasteiger partial charge in [-0.3, -0.25) is 0 Å². The third-order valence-electron chi connectivity index (χ3n) is 3.30. The molecule has 1 aromatic carbocycles. The molecule has 2 aliphatic heterocycles. The highest BCUT2D eigenvalue weighted by molar-refractivity contribution is 5.56. The minimum Gasteiger partial charge on any atom is -0.384 e. The van der Waals surface area contributed by atoms with Gasteiger partial charge in [-0.25, -0.2) is 0 Å². The Kier molecular flexibility index (Phi) is 1.95. The maximum atomic E-state index is 3.54. The molecule has 0 saturated carbocycles. The van der Waals surface area contributed by atoms with Gasteiger partial charge in [0.1, 0.15) is 0 Å². The lowest BCUT2D eigenvalue weighted by atomic mass is 10.0. The predicted octanol–water partition coefficient (Wildman–Crippen LogP) is 2.08. The Bertz CT molecular complexity index is 340. The summed E-state index contributed by atoms with van der Waals surface area (Å²) in [6, 6.07) is 7.48. The van der Waals surface area contributed by atoms with Crippen LogP contribution in [-0.4, -0.2) is 13.1 Å². The molecule has 2 nitrogen and oxygen atoms in total. The molecule has 0 radical (unpaired) electrons. The van der Waals surface area contributed by atoms with E-state index in [0.717, 1.165) is 6.54 Å². The number of hydrogen-bond donors (Lipinski definition) is 2. The minimum atomic E-state index is 0.612. The Balaban J connectivity index is 1.91. The number of nitrogens with one attached hydrogen (secondary N) is 2. The fourth-order valence-corrected chi connectivity index (χ4v) is 2.51. The van der Waals surface area contributed by atoms with Crippen molar-refractivity contribution in [1.29, 1.82) is 0 Å². The van der Waals surface area contributed by atoms with Crippen LogP contribution in [0.15, 0.2) is 18.2 Å². The Morgan fingerprint density at radius 2 is 2.21 bits per heavy atom. The van der Waals surface area contributed by atoms with Gasteiger partial charge < -0.3 is 10.6 Å². The number of fused-ring (bicyclic) bond motifs is 1. The Labute approximate surface area is 84.7 Å². The SMILES string of the molecule is c1cc2c(cc1C1CCCN1)CCN2. The van der Waals surface area contributed by atoms with E-state index in [-0.39, 0.29) is 0 Å². The van der Waals surface area contributed by atoms with E-state index in [1.165, 1.54) is 42.6 Å². The fourth-order valence-electron chi connectivity index (χ4n) is 2.51. The van der Waals surface area contributed by atoms with Crippen LogP contribution < -0.4 is 10.6 Å². The molecule has 0 spiro atoms. The van der Waals surface area contributed by atoms with Crippen LogP contribution in [0.1, 0.15) is 30.0 Å². The average Bonchev–Trinajstić information content (AvgIpc) is 2.88. The molecule has 2 heteroatoms. The van der Waals surface area contributed by atoms with Crippen LogP contribution in [0.3, 0.4) is 0 Å². The second-order valence-electron chi connectivity index (χ2n) is 4.24. The van der Waals surface area contributed by atoms with Gasteiger partial charge in [0.15, 0.2) is 0 Å². The smallest absolute Gasteiger partial charge is 0.0373 e. The molecule has 0 bridgehead atoms. The molecule has 0 aliphatic carbocycles. The van der Waals surface area contributed by atoms with Crippen molar-refractivity contribution < 1.29 is 0 Å². The van der Waals surface area contributed by atoms with E-state index in [0.29, 0.717) is 6.04 Å². The van der Waals surface area contributed by atoms with E-state index in [9.17, 15) is 0 Å². The van der Waals surface area contributed by atoms with Crippen LogP contribution in [0.5, 0.6) is 0 Å². The van der Waals surface area contributed by atoms with E-state index in [1.807, 2.05) is 0 Å². The van der Waals surface area contributed by atoms with Crippen LogP contribution in [-0.2, 0) is 6.42 Å². The van der Waals surface area contributed by atoms with Gasteiger partial charge >= 0.3 is 0 Å². The van der Waals surface area contributed by atoms with Gasteiger partial charge in [-0.2, -0.15) is 0 Å². The molecule has 1 aromatic rings. The predicted molar refractivity (Wildman–Crippen MR) is 58.6 cm³/mol. The van der Waals surface area contributed by atoms with Gasteiger partial charge in [-0.1, -0.05) is 12.1 Å². The average molecular weight is 188 g/mol. The molecular formula is C12H16N2. The van der Waals surface area contributed by atoms with Crippen molar-refractivity contribution in [2.45, 2.75) is 25.3 Å². The molecule has 3 rings (SSSR count). The Morgan fingerprint density at radius 1 is 1.21 bits per heavy atom. The van der Waals surface area contributed by atoms with Gasteiger partial charge in [-0.15, -0.1) is 0 Å². The first-order valence-electron chi connectivity index (χ1n) is 5.53. The highest BCUT2D eigenvalue weighted by Gasteiger charge is 2.18. The number of anilines is 1. The molecule has 0 aromatic heterocycles. The molecule has 14 heavy (non-hydrogen) atoms. The minimum absolute atomic E-state index is 0.612. The zero-order valence-corrected chi connectivity index (χ0v) is 8.34. The van der Waals surface area contributed by atoms with Crippen molar-refractivity contribution >= 4 is 5.69 Å². The zero-order valence-electron chi connectivity index (χ0n) is 8.34. The highest BCUT2D eigenvalue weighted by atomic mass is 14.9. The standard InChI is InChI=1S/C12H16N2/c1-2-11(13-6-1)9-3-4-12-10(8-9)5-7-14-12/h3-4,8,11,13-14H,1-2,5-7H2. The summed E-state index contributed by atoms with van der Waals surface area (Å²) in [5.74, 6) is 0. The number of rotatable bonds is 1. The summed E-state index contributed by atoms with van der Waals surface area (Å²) in [5.41, 5.74) is 4.31. The molecule has 1 atom stereocenters. The second-order valence-corrected chi connectivity index (χ2v) is 4.24. The normalized spacial score (nSPS) is 24.7. The molecule has 1 fully saturated rings. The third kappa shape index (κ3) is 1.30. The first-order valence-corrected chi connectivity index (χ1v) is 5.53. The van der Waals surface area contributed by atoms with Crippen molar-refractivity contribution in [2.24, 2.45) is 0 Å². The molecule has 2 aliphatic rings. The lowest BCUT2D eigenvalue weighted by Crippen LogP contribution is -2.12. The number of hydrogen-bond acceptors (Lipinski definition) is 2. The molecule has 0 amide bonds. The first-order chi connectivity index (χ1) is 6.93. The fraction of sp³-hybridized carbons (Fsp3) is 0.500. The summed E-state index contributed by atoms with van der Waals surface area (Å²) >= 11 is 0. The second kappa shape index (κ2) is 3.28. The largest absolute Gasteiger partial charge is 0.384 e. The Morgan fingerprint density at radius 3 is 3.07 bits per heavy atom. The summed E-state index contributed by atoms with van der Waals surface area (Å²) in [5, 5.41) is 6.94. The van der Waals surface area contributed by atoms with Gasteiger partial charge in [-0.05, 0) is 43.0 Å². The summed E-state index contributed by atoms with van der Waals surface area (Å²) < 4.78 is 0. The molecule has 1 saturated heterocycles. The number of benzene rings is 1. The van der Waals surface area contributed by atoms with Crippen molar-refractivity contribution in [3.05, 3.63) is 29.3 Å². The molecular weight excluding hydrogens is 172 g/mol. The van der Waals surface area contributed by atoms with E-state index in [4.69, 9.17) is 0 Å². The van der Waals surface area contributed by atoms with Crippen LogP contribution >= 0.6 is 0 Å². The third-order valence-corrected chi connectivity index (χ3v) is 3.30. The quantitative estimate of drug-likeness (QED) is 0.705. The Hall–Kier alpha value is -1.02. The van der Waals surface area contributed by atoms with Gasteiger partial charge in [0.2, 0.25) is 0 Å². The molecule has 2 heterocycles. The van der Waals surface area contributed by atoms with Crippen molar-refractivity contribution in [3.63, 3.8) is 0 Å². The van der Waals surface area contributed by atoms with E-state index < -0.39 is 0 Å².